The molecule has 1 aliphatic carbocycles. The zero-order valence-corrected chi connectivity index (χ0v) is 13.8. The highest BCUT2D eigenvalue weighted by atomic mass is 32.2. The molecule has 0 radical (unpaired) electrons. The first kappa shape index (κ1) is 16.6. The van der Waals surface area contributed by atoms with E-state index in [9.17, 15) is 9.59 Å². The maximum Gasteiger partial charge on any atom is 0.304 e. The molecule has 1 amide bonds. The van der Waals surface area contributed by atoms with Gasteiger partial charge in [0.2, 0.25) is 0 Å². The number of carbonyl (C=O) groups excluding carboxylic acids is 1. The summed E-state index contributed by atoms with van der Waals surface area (Å²) in [5.41, 5.74) is 2.01. The van der Waals surface area contributed by atoms with Crippen molar-refractivity contribution >= 4 is 29.3 Å². The Morgan fingerprint density at radius 3 is 2.92 bits per heavy atom. The zero-order valence-electron chi connectivity index (χ0n) is 13.0. The molecule has 2 aromatic rings. The molecule has 0 aliphatic heterocycles. The molecule has 1 saturated carbocycles. The van der Waals surface area contributed by atoms with Crippen molar-refractivity contribution < 1.29 is 19.2 Å². The molecule has 126 valence electrons. The lowest BCUT2D eigenvalue weighted by Crippen LogP contribution is -2.12. The van der Waals surface area contributed by atoms with E-state index in [1.165, 1.54) is 0 Å². The summed E-state index contributed by atoms with van der Waals surface area (Å²) in [7, 11) is 0. The molecule has 3 rings (SSSR count). The van der Waals surface area contributed by atoms with Crippen LogP contribution in [0.2, 0.25) is 0 Å². The molecule has 0 spiro atoms. The standard InChI is InChI=1S/C17H18N2O4S/c20-16(21)6-7-24-10-11-2-1-3-13(8-11)18-17(22)14-9-15(23-19-14)12-4-5-12/h1-3,8-9,12H,4-7,10H2,(H,18,22)(H,20,21). The normalized spacial score (nSPS) is 13.7. The van der Waals surface area contributed by atoms with E-state index in [2.05, 4.69) is 10.5 Å². The van der Waals surface area contributed by atoms with Crippen molar-refractivity contribution in [3.8, 4) is 0 Å². The molecule has 0 atom stereocenters. The second-order valence-corrected chi connectivity index (χ2v) is 6.84. The van der Waals surface area contributed by atoms with Crippen LogP contribution in [0.25, 0.3) is 0 Å². The molecular formula is C17H18N2O4S. The minimum atomic E-state index is -0.790. The number of hydrogen-bond donors (Lipinski definition) is 2. The van der Waals surface area contributed by atoms with Gasteiger partial charge in [0.1, 0.15) is 5.76 Å². The Kier molecular flexibility index (Phi) is 5.20. The van der Waals surface area contributed by atoms with Crippen LogP contribution in [0.3, 0.4) is 0 Å². The third-order valence-corrected chi connectivity index (χ3v) is 4.68. The van der Waals surface area contributed by atoms with E-state index in [0.29, 0.717) is 23.1 Å². The van der Waals surface area contributed by atoms with E-state index >= 15 is 0 Å². The van der Waals surface area contributed by atoms with Gasteiger partial charge in [-0.05, 0) is 30.5 Å². The van der Waals surface area contributed by atoms with Crippen LogP contribution >= 0.6 is 11.8 Å². The maximum absolute atomic E-state index is 12.2. The van der Waals surface area contributed by atoms with Gasteiger partial charge in [0.25, 0.3) is 5.91 Å². The van der Waals surface area contributed by atoms with Gasteiger partial charge in [-0.2, -0.15) is 11.8 Å². The summed E-state index contributed by atoms with van der Waals surface area (Å²) in [6.07, 6.45) is 2.34. The number of nitrogens with zero attached hydrogens (tertiary/aromatic N) is 1. The van der Waals surface area contributed by atoms with Gasteiger partial charge < -0.3 is 14.9 Å². The van der Waals surface area contributed by atoms with Crippen LogP contribution < -0.4 is 5.32 Å². The van der Waals surface area contributed by atoms with Gasteiger partial charge >= 0.3 is 5.97 Å². The lowest BCUT2D eigenvalue weighted by atomic mass is 10.2. The number of benzene rings is 1. The molecule has 0 bridgehead atoms. The summed E-state index contributed by atoms with van der Waals surface area (Å²) < 4.78 is 5.19. The predicted molar refractivity (Wildman–Crippen MR) is 91.3 cm³/mol. The quantitative estimate of drug-likeness (QED) is 0.711. The fourth-order valence-electron chi connectivity index (χ4n) is 2.24. The minimum Gasteiger partial charge on any atom is -0.481 e. The fourth-order valence-corrected chi connectivity index (χ4v) is 3.12. The second kappa shape index (κ2) is 7.53. The Morgan fingerprint density at radius 1 is 1.33 bits per heavy atom. The van der Waals surface area contributed by atoms with Crippen LogP contribution in [0, 0.1) is 0 Å². The molecule has 1 aliphatic rings. The van der Waals surface area contributed by atoms with Crippen LogP contribution in [0.5, 0.6) is 0 Å². The Balaban J connectivity index is 1.54. The highest BCUT2D eigenvalue weighted by Crippen LogP contribution is 2.40. The number of amides is 1. The fraction of sp³-hybridized carbons (Fsp3) is 0.353. The Hall–Kier alpha value is -2.28. The number of carboxylic acids is 1. The van der Waals surface area contributed by atoms with Crippen molar-refractivity contribution in [2.75, 3.05) is 11.1 Å². The highest BCUT2D eigenvalue weighted by molar-refractivity contribution is 7.98. The number of carbonyl (C=O) groups is 2. The van der Waals surface area contributed by atoms with Crippen LogP contribution in [-0.2, 0) is 10.5 Å². The molecule has 0 saturated heterocycles. The molecular weight excluding hydrogens is 328 g/mol. The van der Waals surface area contributed by atoms with E-state index < -0.39 is 5.97 Å². The van der Waals surface area contributed by atoms with Crippen molar-refractivity contribution in [2.24, 2.45) is 0 Å². The zero-order chi connectivity index (χ0) is 16.9. The molecule has 7 heteroatoms. The van der Waals surface area contributed by atoms with Crippen LogP contribution in [-0.4, -0.2) is 27.9 Å². The van der Waals surface area contributed by atoms with E-state index in [0.717, 1.165) is 24.2 Å². The SMILES string of the molecule is O=C(O)CCSCc1cccc(NC(=O)c2cc(C3CC3)on2)c1. The van der Waals surface area contributed by atoms with Gasteiger partial charge in [0.05, 0.1) is 6.42 Å². The van der Waals surface area contributed by atoms with Crippen molar-refractivity contribution in [1.82, 2.24) is 5.16 Å². The average Bonchev–Trinajstić information content (AvgIpc) is 3.29. The van der Waals surface area contributed by atoms with Gasteiger partial charge in [0, 0.05) is 29.2 Å². The number of aromatic nitrogens is 1. The van der Waals surface area contributed by atoms with Gasteiger partial charge in [-0.1, -0.05) is 17.3 Å². The molecule has 2 N–H and O–H groups in total. The van der Waals surface area contributed by atoms with Crippen molar-refractivity contribution in [3.05, 3.63) is 47.3 Å². The molecule has 1 heterocycles. The molecule has 6 nitrogen and oxygen atoms in total. The van der Waals surface area contributed by atoms with Gasteiger partial charge in [-0.15, -0.1) is 0 Å². The van der Waals surface area contributed by atoms with Gasteiger partial charge in [0.15, 0.2) is 5.69 Å². The number of carboxylic acid groups (broad SMARTS) is 1. The van der Waals surface area contributed by atoms with Crippen molar-refractivity contribution in [1.29, 1.82) is 0 Å². The topological polar surface area (TPSA) is 92.4 Å². The summed E-state index contributed by atoms with van der Waals surface area (Å²) >= 11 is 1.55. The summed E-state index contributed by atoms with van der Waals surface area (Å²) in [6, 6.07) is 9.21. The summed E-state index contributed by atoms with van der Waals surface area (Å²) in [6.45, 7) is 0. The highest BCUT2D eigenvalue weighted by Gasteiger charge is 2.28. The first-order valence-corrected chi connectivity index (χ1v) is 8.94. The number of hydrogen-bond acceptors (Lipinski definition) is 5. The van der Waals surface area contributed by atoms with Crippen molar-refractivity contribution in [3.63, 3.8) is 0 Å². The van der Waals surface area contributed by atoms with E-state index in [1.807, 2.05) is 24.3 Å². The summed E-state index contributed by atoms with van der Waals surface area (Å²) in [5, 5.41) is 15.3. The van der Waals surface area contributed by atoms with E-state index in [4.69, 9.17) is 9.63 Å². The maximum atomic E-state index is 12.2. The summed E-state index contributed by atoms with van der Waals surface area (Å²) in [4.78, 5) is 22.7. The third-order valence-electron chi connectivity index (χ3n) is 3.65. The Bertz CT molecular complexity index is 740. The van der Waals surface area contributed by atoms with Gasteiger partial charge in [-0.25, -0.2) is 0 Å². The molecule has 24 heavy (non-hydrogen) atoms. The largest absolute Gasteiger partial charge is 0.481 e. The predicted octanol–water partition coefficient (Wildman–Crippen LogP) is 3.51. The lowest BCUT2D eigenvalue weighted by Gasteiger charge is -2.06. The first-order valence-electron chi connectivity index (χ1n) is 7.78. The Morgan fingerprint density at radius 2 is 2.17 bits per heavy atom. The van der Waals surface area contributed by atoms with Crippen LogP contribution in [0.1, 0.15) is 47.0 Å². The van der Waals surface area contributed by atoms with Crippen LogP contribution in [0.15, 0.2) is 34.9 Å². The smallest absolute Gasteiger partial charge is 0.304 e. The third kappa shape index (κ3) is 4.61. The monoisotopic (exact) mass is 346 g/mol. The lowest BCUT2D eigenvalue weighted by molar-refractivity contribution is -0.136. The number of nitrogens with one attached hydrogen (secondary N) is 1. The van der Waals surface area contributed by atoms with Crippen LogP contribution in [0.4, 0.5) is 5.69 Å². The molecule has 1 fully saturated rings. The average molecular weight is 346 g/mol. The Labute approximate surface area is 143 Å². The number of rotatable bonds is 8. The van der Waals surface area contributed by atoms with Gasteiger partial charge in [-0.3, -0.25) is 9.59 Å². The van der Waals surface area contributed by atoms with E-state index in [-0.39, 0.29) is 18.0 Å². The number of thioether (sulfide) groups is 1. The number of anilines is 1. The molecule has 0 unspecified atom stereocenters. The molecule has 1 aromatic carbocycles. The second-order valence-electron chi connectivity index (χ2n) is 5.74. The number of aliphatic carboxylic acids is 1. The minimum absolute atomic E-state index is 0.149. The van der Waals surface area contributed by atoms with E-state index in [1.54, 1.807) is 17.8 Å². The molecule has 1 aromatic heterocycles. The van der Waals surface area contributed by atoms with Crippen molar-refractivity contribution in [2.45, 2.75) is 30.9 Å². The summed E-state index contributed by atoms with van der Waals surface area (Å²) in [5.74, 6) is 1.39. The first-order chi connectivity index (χ1) is 11.6.